The lowest BCUT2D eigenvalue weighted by Crippen LogP contribution is -1.89. The number of carbonyl (C=O) groups excluding carboxylic acids is 1. The van der Waals surface area contributed by atoms with Crippen molar-refractivity contribution in [2.75, 3.05) is 0 Å². The second-order valence-electron chi connectivity index (χ2n) is 3.97. The van der Waals surface area contributed by atoms with E-state index in [1.165, 1.54) is 6.26 Å². The fraction of sp³-hybridized carbons (Fsp3) is 0.214. The predicted molar refractivity (Wildman–Crippen MR) is 65.3 cm³/mol. The van der Waals surface area contributed by atoms with Crippen molar-refractivity contribution in [2.24, 2.45) is 0 Å². The van der Waals surface area contributed by atoms with Crippen LogP contribution in [0.5, 0.6) is 5.75 Å². The van der Waals surface area contributed by atoms with Gasteiger partial charge in [-0.1, -0.05) is 6.92 Å². The van der Waals surface area contributed by atoms with Gasteiger partial charge < -0.3 is 9.52 Å². The molecule has 17 heavy (non-hydrogen) atoms. The summed E-state index contributed by atoms with van der Waals surface area (Å²) in [5.74, 6) is 0.643. The number of hydrogen-bond donors (Lipinski definition) is 1. The van der Waals surface area contributed by atoms with Gasteiger partial charge in [-0.15, -0.1) is 0 Å². The number of benzene rings is 1. The van der Waals surface area contributed by atoms with Gasteiger partial charge in [0, 0.05) is 5.56 Å². The van der Waals surface area contributed by atoms with Gasteiger partial charge in [0.25, 0.3) is 0 Å². The molecule has 0 bridgehead atoms. The summed E-state index contributed by atoms with van der Waals surface area (Å²) in [6.07, 6.45) is 2.94. The van der Waals surface area contributed by atoms with Gasteiger partial charge >= 0.3 is 0 Å². The Morgan fingerprint density at radius 1 is 1.41 bits per heavy atom. The molecular weight excluding hydrogens is 216 g/mol. The van der Waals surface area contributed by atoms with Gasteiger partial charge in [-0.05, 0) is 48.2 Å². The summed E-state index contributed by atoms with van der Waals surface area (Å²) in [4.78, 5) is 10.8. The minimum absolute atomic E-state index is 0.317. The Morgan fingerprint density at radius 3 is 2.82 bits per heavy atom. The molecule has 0 saturated heterocycles. The molecule has 3 heteroatoms. The molecule has 0 aliphatic carbocycles. The summed E-state index contributed by atoms with van der Waals surface area (Å²) >= 11 is 0. The van der Waals surface area contributed by atoms with E-state index in [9.17, 15) is 9.90 Å². The van der Waals surface area contributed by atoms with Gasteiger partial charge in [0.15, 0.2) is 12.0 Å². The van der Waals surface area contributed by atoms with E-state index in [4.69, 9.17) is 4.42 Å². The Balaban J connectivity index is 2.60. The van der Waals surface area contributed by atoms with Crippen molar-refractivity contribution in [2.45, 2.75) is 20.3 Å². The maximum absolute atomic E-state index is 10.8. The highest BCUT2D eigenvalue weighted by Gasteiger charge is 2.11. The van der Waals surface area contributed by atoms with E-state index in [0.717, 1.165) is 28.7 Å². The third-order valence-electron chi connectivity index (χ3n) is 2.87. The molecule has 3 nitrogen and oxygen atoms in total. The first-order chi connectivity index (χ1) is 8.17. The summed E-state index contributed by atoms with van der Waals surface area (Å²) in [5.41, 5.74) is 3.33. The molecule has 0 aliphatic rings. The highest BCUT2D eigenvalue weighted by atomic mass is 16.3. The molecule has 0 amide bonds. The number of furan rings is 1. The predicted octanol–water partition coefficient (Wildman–Crippen LogP) is 3.34. The first-order valence-corrected chi connectivity index (χ1v) is 5.53. The lowest BCUT2D eigenvalue weighted by atomic mass is 9.98. The van der Waals surface area contributed by atoms with Gasteiger partial charge in [-0.25, -0.2) is 0 Å². The molecule has 0 unspecified atom stereocenters. The van der Waals surface area contributed by atoms with Crippen LogP contribution in [-0.2, 0) is 6.42 Å². The average molecular weight is 230 g/mol. The first-order valence-electron chi connectivity index (χ1n) is 5.53. The summed E-state index contributed by atoms with van der Waals surface area (Å²) in [5, 5.41) is 9.85. The number of carbonyl (C=O) groups is 1. The second kappa shape index (κ2) is 4.45. The zero-order chi connectivity index (χ0) is 12.4. The van der Waals surface area contributed by atoms with Crippen molar-refractivity contribution in [3.05, 3.63) is 41.3 Å². The van der Waals surface area contributed by atoms with Crippen LogP contribution in [0.4, 0.5) is 0 Å². The molecule has 1 N–H and O–H groups in total. The highest BCUT2D eigenvalue weighted by molar-refractivity contribution is 5.84. The van der Waals surface area contributed by atoms with Crippen LogP contribution in [0.1, 0.15) is 28.6 Å². The van der Waals surface area contributed by atoms with Crippen LogP contribution in [0.2, 0.25) is 0 Å². The van der Waals surface area contributed by atoms with Crippen molar-refractivity contribution in [3.63, 3.8) is 0 Å². The molecule has 1 aromatic heterocycles. The molecule has 0 atom stereocenters. The van der Waals surface area contributed by atoms with Crippen LogP contribution in [0, 0.1) is 6.92 Å². The minimum atomic E-state index is 0.317. The number of phenols is 1. The Kier molecular flexibility index (Phi) is 3.00. The molecule has 2 aromatic rings. The summed E-state index contributed by atoms with van der Waals surface area (Å²) in [6.45, 7) is 3.83. The molecule has 88 valence electrons. The van der Waals surface area contributed by atoms with Crippen LogP contribution in [0.15, 0.2) is 28.9 Å². The van der Waals surface area contributed by atoms with Gasteiger partial charge in [-0.3, -0.25) is 4.79 Å². The van der Waals surface area contributed by atoms with Crippen LogP contribution in [0.25, 0.3) is 11.1 Å². The molecular formula is C14H14O3. The molecule has 0 aliphatic heterocycles. The lowest BCUT2D eigenvalue weighted by Gasteiger charge is -2.08. The average Bonchev–Trinajstić information content (AvgIpc) is 2.80. The quantitative estimate of drug-likeness (QED) is 0.823. The van der Waals surface area contributed by atoms with Gasteiger partial charge in [0.1, 0.15) is 5.75 Å². The Bertz CT molecular complexity index is 553. The van der Waals surface area contributed by atoms with E-state index in [1.54, 1.807) is 6.07 Å². The van der Waals surface area contributed by atoms with E-state index in [2.05, 4.69) is 0 Å². The third kappa shape index (κ3) is 1.96. The molecule has 0 saturated carbocycles. The molecule has 0 fully saturated rings. The van der Waals surface area contributed by atoms with Crippen molar-refractivity contribution in [3.8, 4) is 16.9 Å². The SMILES string of the molecule is CCc1cc(-c2ccoc2C=O)cc(C)c1O. The zero-order valence-electron chi connectivity index (χ0n) is 9.86. The molecule has 1 heterocycles. The smallest absolute Gasteiger partial charge is 0.185 e. The van der Waals surface area contributed by atoms with Crippen molar-refractivity contribution in [1.29, 1.82) is 0 Å². The molecule has 2 rings (SSSR count). The van der Waals surface area contributed by atoms with Crippen LogP contribution in [0.3, 0.4) is 0 Å². The van der Waals surface area contributed by atoms with E-state index >= 15 is 0 Å². The second-order valence-corrected chi connectivity index (χ2v) is 3.97. The Labute approximate surface area is 99.7 Å². The van der Waals surface area contributed by atoms with Crippen LogP contribution < -0.4 is 0 Å². The topological polar surface area (TPSA) is 50.4 Å². The summed E-state index contributed by atoms with van der Waals surface area (Å²) in [7, 11) is 0. The summed E-state index contributed by atoms with van der Waals surface area (Å²) in [6, 6.07) is 5.50. The third-order valence-corrected chi connectivity index (χ3v) is 2.87. The lowest BCUT2D eigenvalue weighted by molar-refractivity contribution is 0.110. The van der Waals surface area contributed by atoms with Crippen LogP contribution >= 0.6 is 0 Å². The maximum atomic E-state index is 10.8. The van der Waals surface area contributed by atoms with Crippen molar-refractivity contribution in [1.82, 2.24) is 0 Å². The van der Waals surface area contributed by atoms with Gasteiger partial charge in [0.05, 0.1) is 6.26 Å². The zero-order valence-corrected chi connectivity index (χ0v) is 9.86. The van der Waals surface area contributed by atoms with E-state index in [0.29, 0.717) is 17.8 Å². The highest BCUT2D eigenvalue weighted by Crippen LogP contribution is 2.31. The van der Waals surface area contributed by atoms with E-state index in [-0.39, 0.29) is 0 Å². The largest absolute Gasteiger partial charge is 0.507 e. The molecule has 1 aromatic carbocycles. The number of aldehydes is 1. The van der Waals surface area contributed by atoms with Crippen molar-refractivity contribution >= 4 is 6.29 Å². The maximum Gasteiger partial charge on any atom is 0.185 e. The number of hydrogen-bond acceptors (Lipinski definition) is 3. The minimum Gasteiger partial charge on any atom is -0.507 e. The number of phenolic OH excluding ortho intramolecular Hbond substituents is 1. The Hall–Kier alpha value is -2.03. The Morgan fingerprint density at radius 2 is 2.18 bits per heavy atom. The first kappa shape index (κ1) is 11.5. The van der Waals surface area contributed by atoms with E-state index < -0.39 is 0 Å². The van der Waals surface area contributed by atoms with Gasteiger partial charge in [-0.2, -0.15) is 0 Å². The normalized spacial score (nSPS) is 10.5. The van der Waals surface area contributed by atoms with E-state index in [1.807, 2.05) is 26.0 Å². The van der Waals surface area contributed by atoms with Crippen molar-refractivity contribution < 1.29 is 14.3 Å². The molecule has 0 radical (unpaired) electrons. The number of rotatable bonds is 3. The monoisotopic (exact) mass is 230 g/mol. The number of aryl methyl sites for hydroxylation is 2. The standard InChI is InChI=1S/C14H14O3/c1-3-10-7-11(6-9(2)14(10)16)12-4-5-17-13(12)8-15/h4-8,16H,3H2,1-2H3. The fourth-order valence-electron chi connectivity index (χ4n) is 1.93. The number of aromatic hydroxyl groups is 1. The summed E-state index contributed by atoms with van der Waals surface area (Å²) < 4.78 is 5.08. The van der Waals surface area contributed by atoms with Gasteiger partial charge in [0.2, 0.25) is 0 Å². The van der Waals surface area contributed by atoms with Crippen LogP contribution in [-0.4, -0.2) is 11.4 Å². The fourth-order valence-corrected chi connectivity index (χ4v) is 1.93. The molecule has 0 spiro atoms.